The van der Waals surface area contributed by atoms with E-state index in [0.717, 1.165) is 4.88 Å². The Hall–Kier alpha value is -4.34. The van der Waals surface area contributed by atoms with Crippen molar-refractivity contribution in [1.82, 2.24) is 21.3 Å². The highest BCUT2D eigenvalue weighted by atomic mass is 32.1. The van der Waals surface area contributed by atoms with Crippen molar-refractivity contribution in [3.63, 3.8) is 0 Å². The van der Waals surface area contributed by atoms with Gasteiger partial charge in [0, 0.05) is 17.7 Å². The van der Waals surface area contributed by atoms with Crippen molar-refractivity contribution in [2.24, 2.45) is 11.7 Å². The minimum absolute atomic E-state index is 0.00608. The lowest BCUT2D eigenvalue weighted by Gasteiger charge is -2.29. The number of benzene rings is 1. The Morgan fingerprint density at radius 1 is 0.792 bits per heavy atom. The average Bonchev–Trinajstić information content (AvgIpc) is 3.57. The number of nitrogens with two attached hydrogens (primary N) is 1. The second-order valence-electron chi connectivity index (χ2n) is 11.7. The second-order valence-corrected chi connectivity index (χ2v) is 12.7. The lowest BCUT2D eigenvalue weighted by Crippen LogP contribution is -2.60. The third-order valence-corrected chi connectivity index (χ3v) is 8.78. The normalized spacial score (nSPS) is 15.4. The van der Waals surface area contributed by atoms with E-state index in [2.05, 4.69) is 21.3 Å². The summed E-state index contributed by atoms with van der Waals surface area (Å²) < 4.78 is 0. The highest BCUT2D eigenvalue weighted by molar-refractivity contribution is 7.09. The molecule has 0 aliphatic heterocycles. The van der Waals surface area contributed by atoms with E-state index in [1.807, 2.05) is 6.92 Å². The largest absolute Gasteiger partial charge is 0.481 e. The summed E-state index contributed by atoms with van der Waals surface area (Å²) in [6, 6.07) is 6.37. The maximum Gasteiger partial charge on any atom is 0.326 e. The number of carbonyl (C=O) groups is 6. The molecule has 7 atom stereocenters. The Balaban J connectivity index is 2.35. The Bertz CT molecular complexity index is 1360. The molecule has 264 valence electrons. The lowest BCUT2D eigenvalue weighted by atomic mass is 9.96. The molecule has 0 aliphatic rings. The molecule has 1 aromatic carbocycles. The van der Waals surface area contributed by atoms with E-state index in [4.69, 9.17) is 10.8 Å². The first-order chi connectivity index (χ1) is 22.8. The molecule has 0 aliphatic carbocycles. The number of amides is 4. The van der Waals surface area contributed by atoms with Crippen molar-refractivity contribution in [2.75, 3.05) is 0 Å². The SMILES string of the molecule is CCC[C@H](NC(=O)[C@H](O)[C@H](Cc1ccccc1)NC(=O)[C@H](Cc1cccs1)NC(=O)[C@@H](NC(=O)[C@@H](N)CCC(=O)O)[C@@H](C)CC)C(=O)O. The van der Waals surface area contributed by atoms with Gasteiger partial charge in [0.25, 0.3) is 5.91 Å². The maximum atomic E-state index is 13.9. The van der Waals surface area contributed by atoms with E-state index in [0.29, 0.717) is 18.4 Å². The first-order valence-electron chi connectivity index (χ1n) is 15.9. The molecule has 0 fully saturated rings. The van der Waals surface area contributed by atoms with Crippen LogP contribution in [-0.2, 0) is 41.6 Å². The number of rotatable bonds is 21. The number of hydrogen-bond acceptors (Lipinski definition) is 9. The Morgan fingerprint density at radius 2 is 1.46 bits per heavy atom. The molecule has 2 rings (SSSR count). The number of hydrogen-bond donors (Lipinski definition) is 8. The average molecular weight is 690 g/mol. The third kappa shape index (κ3) is 13.0. The maximum absolute atomic E-state index is 13.9. The van der Waals surface area contributed by atoms with Crippen molar-refractivity contribution in [3.8, 4) is 0 Å². The molecule has 0 saturated heterocycles. The van der Waals surface area contributed by atoms with E-state index in [-0.39, 0.29) is 32.1 Å². The molecular formula is C33H47N5O9S. The number of aliphatic hydroxyl groups is 1. The zero-order chi connectivity index (χ0) is 35.8. The number of aliphatic carboxylic acids is 2. The van der Waals surface area contributed by atoms with Crippen LogP contribution >= 0.6 is 11.3 Å². The molecule has 15 heteroatoms. The zero-order valence-electron chi connectivity index (χ0n) is 27.4. The molecule has 0 radical (unpaired) electrons. The monoisotopic (exact) mass is 689 g/mol. The summed E-state index contributed by atoms with van der Waals surface area (Å²) in [5.74, 6) is -5.86. The minimum Gasteiger partial charge on any atom is -0.481 e. The number of nitrogens with one attached hydrogen (secondary N) is 4. The third-order valence-electron chi connectivity index (χ3n) is 7.89. The fourth-order valence-corrected chi connectivity index (χ4v) is 5.60. The summed E-state index contributed by atoms with van der Waals surface area (Å²) in [6.45, 7) is 5.30. The minimum atomic E-state index is -1.84. The summed E-state index contributed by atoms with van der Waals surface area (Å²) in [7, 11) is 0. The van der Waals surface area contributed by atoms with Crippen LogP contribution in [-0.4, -0.2) is 87.2 Å². The van der Waals surface area contributed by atoms with Gasteiger partial charge in [-0.25, -0.2) is 4.79 Å². The molecule has 0 spiro atoms. The van der Waals surface area contributed by atoms with Gasteiger partial charge in [0.1, 0.15) is 18.1 Å². The van der Waals surface area contributed by atoms with Crippen LogP contribution in [0.1, 0.15) is 63.3 Å². The highest BCUT2D eigenvalue weighted by Gasteiger charge is 2.35. The van der Waals surface area contributed by atoms with Gasteiger partial charge in [0.2, 0.25) is 17.7 Å². The van der Waals surface area contributed by atoms with Crippen molar-refractivity contribution >= 4 is 46.9 Å². The summed E-state index contributed by atoms with van der Waals surface area (Å²) in [5.41, 5.74) is 6.55. The molecule has 1 aromatic heterocycles. The number of thiophene rings is 1. The molecule has 4 amide bonds. The van der Waals surface area contributed by atoms with Gasteiger partial charge in [-0.15, -0.1) is 11.3 Å². The molecule has 14 nitrogen and oxygen atoms in total. The molecule has 0 saturated carbocycles. The van der Waals surface area contributed by atoms with Gasteiger partial charge in [-0.2, -0.15) is 0 Å². The number of aliphatic hydroxyl groups excluding tert-OH is 1. The van der Waals surface area contributed by atoms with Gasteiger partial charge >= 0.3 is 11.9 Å². The van der Waals surface area contributed by atoms with E-state index in [1.165, 1.54) is 11.3 Å². The summed E-state index contributed by atoms with van der Waals surface area (Å²) in [5, 5.41) is 41.7. The predicted molar refractivity (Wildman–Crippen MR) is 179 cm³/mol. The Morgan fingerprint density at radius 3 is 2.02 bits per heavy atom. The summed E-state index contributed by atoms with van der Waals surface area (Å²) in [4.78, 5) is 76.8. The zero-order valence-corrected chi connectivity index (χ0v) is 28.2. The van der Waals surface area contributed by atoms with Gasteiger partial charge in [0.05, 0.1) is 12.1 Å². The van der Waals surface area contributed by atoms with Crippen molar-refractivity contribution in [3.05, 3.63) is 58.3 Å². The van der Waals surface area contributed by atoms with Crippen LogP contribution in [0.5, 0.6) is 0 Å². The molecule has 1 heterocycles. The standard InChI is InChI=1S/C33H47N5O9S/c1-4-10-23(33(46)47)35-32(45)28(41)24(17-20-11-7-6-8-12-20)36-30(43)25(18-21-13-9-16-48-21)37-31(44)27(19(3)5-2)38-29(42)22(34)14-15-26(39)40/h6-9,11-13,16,19,22-25,27-28,41H,4-5,10,14-15,17-18,34H2,1-3H3,(H,35,45)(H,36,43)(H,37,44)(H,38,42)(H,39,40)(H,46,47)/t19-,22-,23-,24-,25-,27-,28+/m0/s1. The Kier molecular flexibility index (Phi) is 16.7. The predicted octanol–water partition coefficient (Wildman–Crippen LogP) is 0.956. The molecule has 48 heavy (non-hydrogen) atoms. The molecule has 0 unspecified atom stereocenters. The topological polar surface area (TPSA) is 237 Å². The fourth-order valence-electron chi connectivity index (χ4n) is 4.85. The van der Waals surface area contributed by atoms with E-state index in [9.17, 15) is 39.0 Å². The van der Waals surface area contributed by atoms with E-state index >= 15 is 0 Å². The number of carboxylic acid groups (broad SMARTS) is 2. The van der Waals surface area contributed by atoms with Crippen molar-refractivity contribution in [2.45, 2.75) is 102 Å². The van der Waals surface area contributed by atoms with Crippen LogP contribution in [0.4, 0.5) is 0 Å². The van der Waals surface area contributed by atoms with Crippen LogP contribution in [0.3, 0.4) is 0 Å². The van der Waals surface area contributed by atoms with Gasteiger partial charge in [-0.05, 0) is 42.2 Å². The number of carbonyl (C=O) groups excluding carboxylic acids is 4. The molecule has 0 bridgehead atoms. The second kappa shape index (κ2) is 20.1. The fraction of sp³-hybridized carbons (Fsp3) is 0.515. The summed E-state index contributed by atoms with van der Waals surface area (Å²) >= 11 is 1.35. The van der Waals surface area contributed by atoms with Crippen LogP contribution < -0.4 is 27.0 Å². The van der Waals surface area contributed by atoms with Gasteiger partial charge in [-0.1, -0.05) is 70.0 Å². The van der Waals surface area contributed by atoms with Crippen LogP contribution in [0.25, 0.3) is 0 Å². The molecule has 2 aromatic rings. The molecular weight excluding hydrogens is 642 g/mol. The first-order valence-corrected chi connectivity index (χ1v) is 16.8. The smallest absolute Gasteiger partial charge is 0.326 e. The quantitative estimate of drug-likeness (QED) is 0.0924. The van der Waals surface area contributed by atoms with Gasteiger partial charge < -0.3 is 42.3 Å². The van der Waals surface area contributed by atoms with Crippen molar-refractivity contribution < 1.29 is 44.1 Å². The Labute approximate surface area is 283 Å². The molecule has 9 N–H and O–H groups in total. The lowest BCUT2D eigenvalue weighted by molar-refractivity contribution is -0.144. The summed E-state index contributed by atoms with van der Waals surface area (Å²) in [6.07, 6.45) is -1.18. The van der Waals surface area contributed by atoms with Crippen LogP contribution in [0.15, 0.2) is 47.8 Å². The van der Waals surface area contributed by atoms with Crippen LogP contribution in [0, 0.1) is 5.92 Å². The highest BCUT2D eigenvalue weighted by Crippen LogP contribution is 2.15. The van der Waals surface area contributed by atoms with Gasteiger partial charge in [0.15, 0.2) is 6.10 Å². The van der Waals surface area contributed by atoms with Crippen molar-refractivity contribution in [1.29, 1.82) is 0 Å². The van der Waals surface area contributed by atoms with Gasteiger partial charge in [-0.3, -0.25) is 24.0 Å². The first kappa shape index (κ1) is 39.8. The number of carboxylic acids is 2. The van der Waals surface area contributed by atoms with E-state index in [1.54, 1.807) is 61.7 Å². The van der Waals surface area contributed by atoms with E-state index < -0.39 is 77.8 Å². The van der Waals surface area contributed by atoms with Crippen LogP contribution in [0.2, 0.25) is 0 Å².